The normalized spacial score (nSPS) is 10.7. The fourth-order valence-corrected chi connectivity index (χ4v) is 3.51. The molecule has 3 rings (SSSR count). The summed E-state index contributed by atoms with van der Waals surface area (Å²) >= 11 is 1.34. The fourth-order valence-electron chi connectivity index (χ4n) is 2.74. The summed E-state index contributed by atoms with van der Waals surface area (Å²) in [6.07, 6.45) is 0.306. The van der Waals surface area contributed by atoms with Crippen molar-refractivity contribution in [2.75, 3.05) is 12.3 Å². The van der Waals surface area contributed by atoms with E-state index in [-0.39, 0.29) is 11.7 Å². The number of imidazole rings is 1. The molecule has 0 atom stereocenters. The van der Waals surface area contributed by atoms with Crippen molar-refractivity contribution in [1.29, 1.82) is 5.26 Å². The summed E-state index contributed by atoms with van der Waals surface area (Å²) in [5.41, 5.74) is 4.82. The molecular weight excluding hydrogens is 346 g/mol. The maximum absolute atomic E-state index is 11.9. The quantitative estimate of drug-likeness (QED) is 0.536. The number of thioether (sulfide) groups is 1. The zero-order chi connectivity index (χ0) is 18.5. The third kappa shape index (κ3) is 3.86. The van der Waals surface area contributed by atoms with E-state index in [2.05, 4.69) is 10.4 Å². The fraction of sp³-hybridized carbons (Fsp3) is 0.263. The van der Waals surface area contributed by atoms with E-state index < -0.39 is 0 Å². The van der Waals surface area contributed by atoms with Crippen molar-refractivity contribution in [1.82, 2.24) is 19.9 Å². The molecule has 0 saturated carbocycles. The number of amides is 1. The van der Waals surface area contributed by atoms with E-state index in [4.69, 9.17) is 10.2 Å². The van der Waals surface area contributed by atoms with Crippen LogP contribution in [0.15, 0.2) is 41.6 Å². The average Bonchev–Trinajstić information content (AvgIpc) is 3.00. The lowest BCUT2D eigenvalue weighted by Gasteiger charge is -2.05. The van der Waals surface area contributed by atoms with Gasteiger partial charge in [0.2, 0.25) is 5.91 Å². The minimum atomic E-state index is -0.118. The second-order valence-electron chi connectivity index (χ2n) is 5.88. The zero-order valence-corrected chi connectivity index (χ0v) is 15.5. The molecule has 1 N–H and O–H groups in total. The van der Waals surface area contributed by atoms with Crippen LogP contribution in [0.1, 0.15) is 17.7 Å². The molecular formula is C19H19N5OS. The van der Waals surface area contributed by atoms with E-state index in [9.17, 15) is 4.79 Å². The van der Waals surface area contributed by atoms with Gasteiger partial charge < -0.3 is 5.32 Å². The number of hydrogen-bond acceptors (Lipinski definition) is 5. The van der Waals surface area contributed by atoms with Crippen LogP contribution < -0.4 is 5.32 Å². The Bertz CT molecular complexity index is 975. The molecule has 6 nitrogen and oxygen atoms in total. The first kappa shape index (κ1) is 18.0. The predicted molar refractivity (Wildman–Crippen MR) is 102 cm³/mol. The van der Waals surface area contributed by atoms with Crippen LogP contribution in [0.25, 0.3) is 16.8 Å². The summed E-state index contributed by atoms with van der Waals surface area (Å²) in [7, 11) is 0. The molecule has 2 aromatic heterocycles. The molecule has 0 bridgehead atoms. The number of hydrogen-bond donors (Lipinski definition) is 1. The van der Waals surface area contributed by atoms with Gasteiger partial charge in [-0.25, -0.2) is 9.50 Å². The molecule has 3 aromatic rings. The molecule has 1 amide bonds. The van der Waals surface area contributed by atoms with Crippen LogP contribution in [-0.4, -0.2) is 32.8 Å². The lowest BCUT2D eigenvalue weighted by atomic mass is 10.1. The Kier molecular flexibility index (Phi) is 5.54. The Morgan fingerprint density at radius 3 is 2.81 bits per heavy atom. The van der Waals surface area contributed by atoms with Gasteiger partial charge in [0, 0.05) is 12.1 Å². The smallest absolute Gasteiger partial charge is 0.230 e. The number of rotatable bonds is 6. The van der Waals surface area contributed by atoms with Crippen LogP contribution in [0, 0.1) is 25.2 Å². The molecule has 0 unspecified atom stereocenters. The SMILES string of the molecule is Cc1cc(C)c2c(-c3ccccc3)nc(SCC(=O)NCCC#N)n2n1. The van der Waals surface area contributed by atoms with E-state index in [0.717, 1.165) is 28.0 Å². The summed E-state index contributed by atoms with van der Waals surface area (Å²) in [5, 5.41) is 16.5. The molecule has 1 aromatic carbocycles. The predicted octanol–water partition coefficient (Wildman–Crippen LogP) is 3.14. The first-order chi connectivity index (χ1) is 12.6. The zero-order valence-electron chi connectivity index (χ0n) is 14.7. The number of benzene rings is 1. The monoisotopic (exact) mass is 365 g/mol. The number of aryl methyl sites for hydroxylation is 2. The third-order valence-electron chi connectivity index (χ3n) is 3.82. The standard InChI is InChI=1S/C19H19N5OS/c1-13-11-14(2)23-24-18(13)17(15-7-4-3-5-8-15)22-19(24)26-12-16(25)21-10-6-9-20/h3-5,7-8,11H,6,10,12H2,1-2H3,(H,21,25). The lowest BCUT2D eigenvalue weighted by molar-refractivity contribution is -0.118. The first-order valence-electron chi connectivity index (χ1n) is 8.29. The number of carbonyl (C=O) groups excluding carboxylic acids is 1. The highest BCUT2D eigenvalue weighted by Gasteiger charge is 2.17. The number of aromatic nitrogens is 3. The van der Waals surface area contributed by atoms with E-state index in [1.165, 1.54) is 11.8 Å². The van der Waals surface area contributed by atoms with Gasteiger partial charge in [-0.3, -0.25) is 4.79 Å². The highest BCUT2D eigenvalue weighted by Crippen LogP contribution is 2.30. The molecule has 7 heteroatoms. The van der Waals surface area contributed by atoms with Crippen molar-refractivity contribution < 1.29 is 4.79 Å². The molecule has 0 radical (unpaired) electrons. The van der Waals surface area contributed by atoms with E-state index in [1.807, 2.05) is 60.8 Å². The Morgan fingerprint density at radius 2 is 2.08 bits per heavy atom. The van der Waals surface area contributed by atoms with Gasteiger partial charge in [0.05, 0.1) is 35.1 Å². The van der Waals surface area contributed by atoms with Crippen LogP contribution in [0.4, 0.5) is 0 Å². The summed E-state index contributed by atoms with van der Waals surface area (Å²) in [6, 6.07) is 14.0. The topological polar surface area (TPSA) is 83.1 Å². The van der Waals surface area contributed by atoms with Crippen LogP contribution >= 0.6 is 11.8 Å². The minimum absolute atomic E-state index is 0.118. The van der Waals surface area contributed by atoms with Gasteiger partial charge in [-0.2, -0.15) is 10.4 Å². The Morgan fingerprint density at radius 1 is 1.31 bits per heavy atom. The number of nitriles is 1. The van der Waals surface area contributed by atoms with Crippen molar-refractivity contribution in [3.63, 3.8) is 0 Å². The summed E-state index contributed by atoms with van der Waals surface area (Å²) in [4.78, 5) is 16.7. The average molecular weight is 365 g/mol. The summed E-state index contributed by atoms with van der Waals surface area (Å²) in [5.74, 6) is 0.112. The van der Waals surface area contributed by atoms with Crippen LogP contribution in [0.3, 0.4) is 0 Å². The molecule has 0 aliphatic heterocycles. The molecule has 26 heavy (non-hydrogen) atoms. The Balaban J connectivity index is 1.93. The van der Waals surface area contributed by atoms with Crippen LogP contribution in [0.2, 0.25) is 0 Å². The van der Waals surface area contributed by atoms with Gasteiger partial charge in [0.1, 0.15) is 0 Å². The van der Waals surface area contributed by atoms with Crippen molar-refractivity contribution in [3.8, 4) is 17.3 Å². The van der Waals surface area contributed by atoms with Crippen molar-refractivity contribution in [3.05, 3.63) is 47.7 Å². The molecule has 0 aliphatic carbocycles. The largest absolute Gasteiger partial charge is 0.354 e. The van der Waals surface area contributed by atoms with E-state index in [0.29, 0.717) is 18.1 Å². The van der Waals surface area contributed by atoms with Crippen molar-refractivity contribution >= 4 is 23.2 Å². The van der Waals surface area contributed by atoms with Gasteiger partial charge in [-0.15, -0.1) is 0 Å². The second-order valence-corrected chi connectivity index (χ2v) is 6.83. The molecule has 0 fully saturated rings. The first-order valence-corrected chi connectivity index (χ1v) is 9.27. The number of fused-ring (bicyclic) bond motifs is 1. The molecule has 0 saturated heterocycles. The number of nitrogens with one attached hydrogen (secondary N) is 1. The highest BCUT2D eigenvalue weighted by molar-refractivity contribution is 7.99. The van der Waals surface area contributed by atoms with Crippen LogP contribution in [0.5, 0.6) is 0 Å². The van der Waals surface area contributed by atoms with Gasteiger partial charge in [-0.05, 0) is 25.5 Å². The Hall–Kier alpha value is -2.85. The summed E-state index contributed by atoms with van der Waals surface area (Å²) in [6.45, 7) is 4.35. The van der Waals surface area contributed by atoms with Gasteiger partial charge in [-0.1, -0.05) is 42.1 Å². The minimum Gasteiger partial charge on any atom is -0.354 e. The third-order valence-corrected chi connectivity index (χ3v) is 4.75. The van der Waals surface area contributed by atoms with E-state index >= 15 is 0 Å². The van der Waals surface area contributed by atoms with Crippen molar-refractivity contribution in [2.24, 2.45) is 0 Å². The van der Waals surface area contributed by atoms with Gasteiger partial charge in [0.15, 0.2) is 5.16 Å². The number of nitrogens with zero attached hydrogens (tertiary/aromatic N) is 4. The molecule has 0 spiro atoms. The maximum atomic E-state index is 11.9. The lowest BCUT2D eigenvalue weighted by Crippen LogP contribution is -2.26. The second kappa shape index (κ2) is 8.02. The summed E-state index contributed by atoms with van der Waals surface area (Å²) < 4.78 is 1.82. The maximum Gasteiger partial charge on any atom is 0.230 e. The Labute approximate surface area is 156 Å². The molecule has 0 aliphatic rings. The van der Waals surface area contributed by atoms with E-state index in [1.54, 1.807) is 0 Å². The van der Waals surface area contributed by atoms with Crippen LogP contribution in [-0.2, 0) is 4.79 Å². The van der Waals surface area contributed by atoms with Crippen molar-refractivity contribution in [2.45, 2.75) is 25.4 Å². The van der Waals surface area contributed by atoms with Gasteiger partial charge in [0.25, 0.3) is 0 Å². The molecule has 2 heterocycles. The van der Waals surface area contributed by atoms with Gasteiger partial charge >= 0.3 is 0 Å². The molecule has 132 valence electrons. The highest BCUT2D eigenvalue weighted by atomic mass is 32.2. The number of carbonyl (C=O) groups is 1.